The highest BCUT2D eigenvalue weighted by molar-refractivity contribution is 6.09. The van der Waals surface area contributed by atoms with E-state index in [2.05, 4.69) is 20.8 Å². The molecule has 1 aliphatic heterocycles. The minimum absolute atomic E-state index is 0.00598. The number of benzene rings is 1. The maximum absolute atomic E-state index is 12.8. The third-order valence-electron chi connectivity index (χ3n) is 5.68. The maximum atomic E-state index is 12.8. The van der Waals surface area contributed by atoms with Crippen molar-refractivity contribution in [1.82, 2.24) is 0 Å². The number of hydrogen-bond donors (Lipinski definition) is 1. The third kappa shape index (κ3) is 2.31. The van der Waals surface area contributed by atoms with Crippen LogP contribution in [0.5, 0.6) is 0 Å². The molecule has 0 radical (unpaired) electrons. The van der Waals surface area contributed by atoms with Crippen molar-refractivity contribution in [2.45, 2.75) is 45.6 Å². The van der Waals surface area contributed by atoms with Crippen LogP contribution in [0.4, 0.5) is 5.69 Å². The van der Waals surface area contributed by atoms with Crippen LogP contribution in [-0.2, 0) is 15.2 Å². The zero-order chi connectivity index (χ0) is 17.0. The number of anilines is 1. The number of rotatable bonds is 1. The molecule has 2 aliphatic rings. The molecule has 1 aromatic rings. The Morgan fingerprint density at radius 2 is 1.87 bits per heavy atom. The highest BCUT2D eigenvalue weighted by Gasteiger charge is 2.57. The van der Waals surface area contributed by atoms with Crippen LogP contribution in [0.25, 0.3) is 0 Å². The largest absolute Gasteiger partial charge is 0.375 e. The summed E-state index contributed by atoms with van der Waals surface area (Å²) in [4.78, 5) is 26.9. The minimum Gasteiger partial charge on any atom is -0.375 e. The summed E-state index contributed by atoms with van der Waals surface area (Å²) in [6.07, 6.45) is 1.83. The number of carbonyl (C=O) groups excluding carboxylic acids is 2. The predicted octanol–water partition coefficient (Wildman–Crippen LogP) is 2.88. The first-order chi connectivity index (χ1) is 10.7. The number of likely N-dealkylation sites (N-methyl/N-ethyl adjacent to an activating group) is 1. The van der Waals surface area contributed by atoms with Gasteiger partial charge in [-0.15, -0.1) is 0 Å². The van der Waals surface area contributed by atoms with E-state index in [1.807, 2.05) is 18.2 Å². The molecule has 23 heavy (non-hydrogen) atoms. The number of nitrogens with zero attached hydrogens (tertiary/aromatic N) is 1. The lowest BCUT2D eigenvalue weighted by atomic mass is 9.63. The second-order valence-electron chi connectivity index (χ2n) is 8.00. The standard InChI is InChI=1S/C19H25NO3/c1-18(2,3)12-9-10-16(21)14(11-12)19(23)13-7-5-6-8-15(13)20(4)17(19)22/h5-8,12,14,23H,9-11H2,1-4H3/t12-,14-,19+/m1/s1. The Labute approximate surface area is 137 Å². The molecule has 4 nitrogen and oxygen atoms in total. The van der Waals surface area contributed by atoms with E-state index in [4.69, 9.17) is 0 Å². The van der Waals surface area contributed by atoms with Gasteiger partial charge in [0.15, 0.2) is 5.60 Å². The van der Waals surface area contributed by atoms with Gasteiger partial charge in [-0.25, -0.2) is 0 Å². The quantitative estimate of drug-likeness (QED) is 0.867. The van der Waals surface area contributed by atoms with Gasteiger partial charge in [0.05, 0.1) is 11.6 Å². The van der Waals surface area contributed by atoms with Gasteiger partial charge in [-0.1, -0.05) is 39.0 Å². The number of carbonyl (C=O) groups is 2. The van der Waals surface area contributed by atoms with Gasteiger partial charge in [-0.2, -0.15) is 0 Å². The Kier molecular flexibility index (Phi) is 3.64. The lowest BCUT2D eigenvalue weighted by Crippen LogP contribution is -2.50. The highest BCUT2D eigenvalue weighted by Crippen LogP contribution is 2.50. The number of fused-ring (bicyclic) bond motifs is 1. The Balaban J connectivity index is 2.05. The smallest absolute Gasteiger partial charge is 0.264 e. The van der Waals surface area contributed by atoms with E-state index in [0.29, 0.717) is 30.0 Å². The van der Waals surface area contributed by atoms with Crippen molar-refractivity contribution in [1.29, 1.82) is 0 Å². The van der Waals surface area contributed by atoms with E-state index in [0.717, 1.165) is 6.42 Å². The molecule has 3 atom stereocenters. The molecule has 0 saturated heterocycles. The zero-order valence-electron chi connectivity index (χ0n) is 14.3. The summed E-state index contributed by atoms with van der Waals surface area (Å²) >= 11 is 0. The van der Waals surface area contributed by atoms with Gasteiger partial charge in [-0.3, -0.25) is 9.59 Å². The fourth-order valence-corrected chi connectivity index (χ4v) is 4.12. The van der Waals surface area contributed by atoms with Crippen molar-refractivity contribution in [2.75, 3.05) is 11.9 Å². The summed E-state index contributed by atoms with van der Waals surface area (Å²) in [5, 5.41) is 11.3. The van der Waals surface area contributed by atoms with Gasteiger partial charge in [0.1, 0.15) is 5.78 Å². The van der Waals surface area contributed by atoms with Crippen LogP contribution in [0.3, 0.4) is 0 Å². The molecule has 1 aliphatic carbocycles. The second kappa shape index (κ2) is 5.17. The van der Waals surface area contributed by atoms with Gasteiger partial charge >= 0.3 is 0 Å². The summed E-state index contributed by atoms with van der Waals surface area (Å²) < 4.78 is 0. The van der Waals surface area contributed by atoms with E-state index >= 15 is 0 Å². The van der Waals surface area contributed by atoms with Crippen molar-refractivity contribution in [2.24, 2.45) is 17.3 Å². The van der Waals surface area contributed by atoms with Gasteiger partial charge in [0.25, 0.3) is 5.91 Å². The van der Waals surface area contributed by atoms with Crippen molar-refractivity contribution >= 4 is 17.4 Å². The normalized spacial score (nSPS) is 31.4. The zero-order valence-corrected chi connectivity index (χ0v) is 14.3. The summed E-state index contributed by atoms with van der Waals surface area (Å²) in [7, 11) is 1.66. The van der Waals surface area contributed by atoms with E-state index in [1.165, 1.54) is 4.90 Å². The summed E-state index contributed by atoms with van der Waals surface area (Å²) in [6, 6.07) is 7.24. The molecule has 1 N–H and O–H groups in total. The Hall–Kier alpha value is -1.68. The van der Waals surface area contributed by atoms with Crippen LogP contribution in [0.15, 0.2) is 24.3 Å². The molecule has 1 amide bonds. The SMILES string of the molecule is CN1C(=O)[C@@](O)([C@@H]2C[C@H](C(C)(C)C)CCC2=O)c2ccccc21. The topological polar surface area (TPSA) is 57.6 Å². The van der Waals surface area contributed by atoms with Crippen molar-refractivity contribution in [3.05, 3.63) is 29.8 Å². The molecular formula is C19H25NO3. The second-order valence-corrected chi connectivity index (χ2v) is 8.00. The monoisotopic (exact) mass is 315 g/mol. The fourth-order valence-electron chi connectivity index (χ4n) is 4.12. The number of ketones is 1. The van der Waals surface area contributed by atoms with Gasteiger partial charge < -0.3 is 10.0 Å². The van der Waals surface area contributed by atoms with Crippen LogP contribution in [-0.4, -0.2) is 23.8 Å². The average molecular weight is 315 g/mol. The van der Waals surface area contributed by atoms with Crippen LogP contribution in [0.2, 0.25) is 0 Å². The Bertz CT molecular complexity index is 661. The summed E-state index contributed by atoms with van der Waals surface area (Å²) in [5.41, 5.74) is -0.388. The van der Waals surface area contributed by atoms with Crippen molar-refractivity contribution in [3.8, 4) is 0 Å². The van der Waals surface area contributed by atoms with Gasteiger partial charge in [-0.05, 0) is 30.2 Å². The van der Waals surface area contributed by atoms with Crippen molar-refractivity contribution < 1.29 is 14.7 Å². The number of amides is 1. The molecule has 3 rings (SSSR count). The minimum atomic E-state index is -1.72. The number of para-hydroxylation sites is 1. The molecule has 124 valence electrons. The fraction of sp³-hybridized carbons (Fsp3) is 0.579. The van der Waals surface area contributed by atoms with Gasteiger partial charge in [0, 0.05) is 19.0 Å². The van der Waals surface area contributed by atoms with E-state index in [1.54, 1.807) is 13.1 Å². The molecule has 1 fully saturated rings. The number of hydrogen-bond acceptors (Lipinski definition) is 3. The van der Waals surface area contributed by atoms with E-state index in [9.17, 15) is 14.7 Å². The molecule has 1 aromatic carbocycles. The van der Waals surface area contributed by atoms with E-state index < -0.39 is 11.5 Å². The number of aliphatic hydroxyl groups is 1. The first kappa shape index (κ1) is 16.2. The predicted molar refractivity (Wildman–Crippen MR) is 89.0 cm³/mol. The highest BCUT2D eigenvalue weighted by atomic mass is 16.3. The number of Topliss-reactive ketones (excluding diaryl/α,β-unsaturated/α-hetero) is 1. The van der Waals surface area contributed by atoms with Gasteiger partial charge in [0.2, 0.25) is 0 Å². The molecule has 1 saturated carbocycles. The Morgan fingerprint density at radius 3 is 2.52 bits per heavy atom. The van der Waals surface area contributed by atoms with Crippen LogP contribution >= 0.6 is 0 Å². The molecule has 0 unspecified atom stereocenters. The molecule has 0 spiro atoms. The first-order valence-electron chi connectivity index (χ1n) is 8.30. The summed E-state index contributed by atoms with van der Waals surface area (Å²) in [6.45, 7) is 6.47. The van der Waals surface area contributed by atoms with Crippen LogP contribution < -0.4 is 4.90 Å². The molecule has 1 heterocycles. The maximum Gasteiger partial charge on any atom is 0.264 e. The molecule has 0 bridgehead atoms. The first-order valence-corrected chi connectivity index (χ1v) is 8.30. The van der Waals surface area contributed by atoms with Crippen LogP contribution in [0, 0.1) is 17.3 Å². The average Bonchev–Trinajstić information content (AvgIpc) is 2.70. The molecule has 4 heteroatoms. The summed E-state index contributed by atoms with van der Waals surface area (Å²) in [5.74, 6) is -0.711. The third-order valence-corrected chi connectivity index (χ3v) is 5.68. The molecular weight excluding hydrogens is 290 g/mol. The lowest BCUT2D eigenvalue weighted by Gasteiger charge is -2.41. The Morgan fingerprint density at radius 1 is 1.22 bits per heavy atom. The lowest BCUT2D eigenvalue weighted by molar-refractivity contribution is -0.154. The van der Waals surface area contributed by atoms with E-state index in [-0.39, 0.29) is 17.1 Å². The van der Waals surface area contributed by atoms with Crippen molar-refractivity contribution in [3.63, 3.8) is 0 Å². The van der Waals surface area contributed by atoms with Crippen LogP contribution in [0.1, 0.15) is 45.6 Å². The molecule has 0 aromatic heterocycles.